The summed E-state index contributed by atoms with van der Waals surface area (Å²) in [4.78, 5) is 23.3. The van der Waals surface area contributed by atoms with Gasteiger partial charge in [-0.25, -0.2) is 10.1 Å². The van der Waals surface area contributed by atoms with Crippen LogP contribution >= 0.6 is 0 Å². The van der Waals surface area contributed by atoms with Gasteiger partial charge in [0.1, 0.15) is 5.10 Å². The van der Waals surface area contributed by atoms with Gasteiger partial charge in [-0.15, -0.1) is 0 Å². The van der Waals surface area contributed by atoms with Gasteiger partial charge in [0.25, 0.3) is 5.96 Å². The molecule has 0 aromatic heterocycles. The normalized spacial score (nSPS) is 18.8. The van der Waals surface area contributed by atoms with E-state index in [0.717, 1.165) is 0 Å². The minimum absolute atomic E-state index is 0. The topological polar surface area (TPSA) is 114 Å². The quantitative estimate of drug-likeness (QED) is 0.296. The van der Waals surface area contributed by atoms with Crippen molar-refractivity contribution >= 4 is 11.9 Å². The molecule has 0 aromatic carbocycles. The first-order valence-corrected chi connectivity index (χ1v) is 4.09. The number of guanidine groups is 1. The van der Waals surface area contributed by atoms with Crippen molar-refractivity contribution in [1.29, 1.82) is 0 Å². The van der Waals surface area contributed by atoms with Gasteiger partial charge in [-0.1, -0.05) is 0 Å². The molecule has 1 N–H and O–H groups in total. The van der Waals surface area contributed by atoms with Crippen LogP contribution in [0, 0.1) is 10.1 Å². The fraction of sp³-hybridized carbons (Fsp3) is 0.667. The number of rotatable bonds is 3. The summed E-state index contributed by atoms with van der Waals surface area (Å²) in [7, 11) is 1.57. The van der Waals surface area contributed by atoms with E-state index in [-0.39, 0.29) is 55.4 Å². The van der Waals surface area contributed by atoms with E-state index in [0.29, 0.717) is 0 Å². The molecule has 1 saturated heterocycles. The van der Waals surface area contributed by atoms with Crippen molar-refractivity contribution in [2.24, 2.45) is 5.10 Å². The van der Waals surface area contributed by atoms with Crippen LogP contribution in [0.3, 0.4) is 0 Å². The van der Waals surface area contributed by atoms with Crippen molar-refractivity contribution in [2.45, 2.75) is 0 Å². The number of carbonyl (C=O) groups is 1. The Morgan fingerprint density at radius 2 is 2.31 bits per heavy atom. The van der Waals surface area contributed by atoms with Crippen LogP contribution in [-0.2, 0) is 4.79 Å². The number of nitrogens with one attached hydrogen (secondary N) is 1. The molecule has 1 rings (SSSR count). The molecule has 10 heteroatoms. The van der Waals surface area contributed by atoms with Crippen LogP contribution in [0.15, 0.2) is 5.10 Å². The fourth-order valence-corrected chi connectivity index (χ4v) is 1.21. The van der Waals surface area contributed by atoms with Gasteiger partial charge in [0.05, 0.1) is 19.3 Å². The van der Waals surface area contributed by atoms with Crippen LogP contribution in [0.25, 0.3) is 0 Å². The molecule has 0 spiro atoms. The average molecular weight is 239 g/mol. The Morgan fingerprint density at radius 3 is 2.75 bits per heavy atom. The van der Waals surface area contributed by atoms with E-state index >= 15 is 0 Å². The van der Waals surface area contributed by atoms with Crippen LogP contribution in [0.1, 0.15) is 0 Å². The standard InChI is InChI=1S/C6H11N5O4.Na/c1-9-4-10(2-5(12)13)3-7-6(9)8-11(14)15;/h2-4H2,1H3,(H,7,8)(H,12,13);/q;+1/p-1. The molecule has 1 aliphatic rings. The van der Waals surface area contributed by atoms with E-state index in [4.69, 9.17) is 0 Å². The summed E-state index contributed by atoms with van der Waals surface area (Å²) >= 11 is 0. The Bertz CT molecular complexity index is 309. The summed E-state index contributed by atoms with van der Waals surface area (Å²) in [5.41, 5.74) is 0. The molecule has 84 valence electrons. The van der Waals surface area contributed by atoms with Crippen molar-refractivity contribution < 1.29 is 44.5 Å². The number of nitro groups is 1. The molecular formula is C6H10N5NaO4. The maximum atomic E-state index is 10.3. The maximum Gasteiger partial charge on any atom is 1.00 e. The monoisotopic (exact) mass is 239 g/mol. The first-order valence-electron chi connectivity index (χ1n) is 4.09. The zero-order valence-corrected chi connectivity index (χ0v) is 11.0. The van der Waals surface area contributed by atoms with E-state index in [9.17, 15) is 20.0 Å². The number of carbonyl (C=O) groups excluding carboxylic acids is 1. The summed E-state index contributed by atoms with van der Waals surface area (Å²) in [6, 6.07) is 0. The first kappa shape index (κ1) is 15.1. The fourth-order valence-electron chi connectivity index (χ4n) is 1.21. The molecule has 1 fully saturated rings. The molecule has 1 heterocycles. The van der Waals surface area contributed by atoms with E-state index in [2.05, 4.69) is 10.4 Å². The molecule has 0 atom stereocenters. The predicted molar refractivity (Wildman–Crippen MR) is 46.8 cm³/mol. The van der Waals surface area contributed by atoms with E-state index in [1.54, 1.807) is 7.05 Å². The van der Waals surface area contributed by atoms with Crippen molar-refractivity contribution in [1.82, 2.24) is 15.1 Å². The summed E-state index contributed by atoms with van der Waals surface area (Å²) < 4.78 is 0. The van der Waals surface area contributed by atoms with Crippen LogP contribution in [0.2, 0.25) is 0 Å². The van der Waals surface area contributed by atoms with Crippen molar-refractivity contribution in [3.8, 4) is 0 Å². The minimum Gasteiger partial charge on any atom is -0.549 e. The molecule has 0 saturated carbocycles. The van der Waals surface area contributed by atoms with E-state index in [1.165, 1.54) is 9.80 Å². The second-order valence-electron chi connectivity index (χ2n) is 3.04. The smallest absolute Gasteiger partial charge is 0.549 e. The van der Waals surface area contributed by atoms with Crippen molar-refractivity contribution in [3.63, 3.8) is 0 Å². The first-order chi connectivity index (χ1) is 6.99. The minimum atomic E-state index is -1.19. The number of hydrogen-bond donors (Lipinski definition) is 1. The summed E-state index contributed by atoms with van der Waals surface area (Å²) in [6.07, 6.45) is 0. The Hall–Kier alpha value is -0.900. The van der Waals surface area contributed by atoms with Crippen molar-refractivity contribution in [3.05, 3.63) is 10.1 Å². The number of hydrazone groups is 1. The zero-order chi connectivity index (χ0) is 11.4. The Balaban J connectivity index is 0.00000225. The van der Waals surface area contributed by atoms with Crippen molar-refractivity contribution in [2.75, 3.05) is 26.9 Å². The summed E-state index contributed by atoms with van der Waals surface area (Å²) in [5.74, 6) is -1.09. The molecule has 0 unspecified atom stereocenters. The van der Waals surface area contributed by atoms with Gasteiger partial charge in [0, 0.05) is 13.6 Å². The number of nitrogens with zero attached hydrogens (tertiary/aromatic N) is 4. The van der Waals surface area contributed by atoms with Gasteiger partial charge in [0.2, 0.25) is 0 Å². The molecule has 0 bridgehead atoms. The van der Waals surface area contributed by atoms with Crippen LogP contribution < -0.4 is 40.0 Å². The predicted octanol–water partition coefficient (Wildman–Crippen LogP) is -5.96. The molecule has 0 radical (unpaired) electrons. The van der Waals surface area contributed by atoms with Gasteiger partial charge in [-0.2, -0.15) is 0 Å². The van der Waals surface area contributed by atoms with E-state index in [1.807, 2.05) is 0 Å². The van der Waals surface area contributed by atoms with Gasteiger partial charge < -0.3 is 20.1 Å². The molecule has 16 heavy (non-hydrogen) atoms. The zero-order valence-electron chi connectivity index (χ0n) is 9.04. The average Bonchev–Trinajstić information content (AvgIpc) is 2.08. The van der Waals surface area contributed by atoms with Crippen LogP contribution in [0.5, 0.6) is 0 Å². The Morgan fingerprint density at radius 1 is 1.69 bits per heavy atom. The second-order valence-corrected chi connectivity index (χ2v) is 3.04. The molecule has 0 aliphatic carbocycles. The molecular weight excluding hydrogens is 229 g/mol. The number of carboxylic acid groups (broad SMARTS) is 1. The molecule has 0 aromatic rings. The van der Waals surface area contributed by atoms with Gasteiger partial charge in [-0.3, -0.25) is 4.90 Å². The SMILES string of the molecule is CN1CN(CC(=O)[O-])CN/C1=N\[N+](=O)[O-].[Na+]. The largest absolute Gasteiger partial charge is 1.00 e. The van der Waals surface area contributed by atoms with Gasteiger partial charge >= 0.3 is 29.6 Å². The maximum absolute atomic E-state index is 10.3. The number of carboxylic acids is 1. The third-order valence-electron chi connectivity index (χ3n) is 1.76. The van der Waals surface area contributed by atoms with Gasteiger partial charge in [0.15, 0.2) is 5.03 Å². The second kappa shape index (κ2) is 6.63. The number of hydrogen-bond acceptors (Lipinski definition) is 5. The van der Waals surface area contributed by atoms with Gasteiger partial charge in [-0.05, 0) is 0 Å². The Labute approximate surface area is 114 Å². The number of aliphatic carboxylic acids is 1. The van der Waals surface area contributed by atoms with Crippen LogP contribution in [-0.4, -0.2) is 53.7 Å². The summed E-state index contributed by atoms with van der Waals surface area (Å²) in [6.45, 7) is 0.196. The third-order valence-corrected chi connectivity index (χ3v) is 1.76. The Kier molecular flexibility index (Phi) is 6.26. The molecule has 1 aliphatic heterocycles. The van der Waals surface area contributed by atoms with Crippen LogP contribution in [0.4, 0.5) is 0 Å². The summed E-state index contributed by atoms with van der Waals surface area (Å²) in [5, 5.41) is 25.3. The van der Waals surface area contributed by atoms with E-state index < -0.39 is 11.0 Å². The third kappa shape index (κ3) is 4.75. The molecule has 0 amide bonds. The molecule has 9 nitrogen and oxygen atoms in total.